The van der Waals surface area contributed by atoms with Crippen molar-refractivity contribution in [2.45, 2.75) is 70.6 Å². The summed E-state index contributed by atoms with van der Waals surface area (Å²) in [6.07, 6.45) is 8.45. The van der Waals surface area contributed by atoms with Gasteiger partial charge in [0.1, 0.15) is 12.0 Å². The van der Waals surface area contributed by atoms with Crippen molar-refractivity contribution >= 4 is 11.8 Å². The number of benzene rings is 2. The summed E-state index contributed by atoms with van der Waals surface area (Å²) in [4.78, 5) is 32.6. The van der Waals surface area contributed by atoms with Crippen molar-refractivity contribution in [3.05, 3.63) is 82.6 Å². The van der Waals surface area contributed by atoms with Crippen molar-refractivity contribution in [1.82, 2.24) is 15.2 Å². The number of carbonyl (C=O) groups excluding carboxylic acids is 2. The Morgan fingerprint density at radius 2 is 1.98 bits per heavy atom. The largest absolute Gasteiger partial charge is 0.484 e. The number of oxazole rings is 1. The summed E-state index contributed by atoms with van der Waals surface area (Å²) in [5, 5.41) is 2.86. The van der Waals surface area contributed by atoms with Crippen LogP contribution >= 0.6 is 0 Å². The van der Waals surface area contributed by atoms with Crippen LogP contribution in [0.25, 0.3) is 0 Å². The number of fused-ring (bicyclic) bond motifs is 1. The van der Waals surface area contributed by atoms with Crippen molar-refractivity contribution in [2.75, 3.05) is 19.7 Å². The Labute approximate surface area is 235 Å². The molecule has 1 N–H and O–H groups in total. The smallest absolute Gasteiger partial charge is 0.273 e. The second kappa shape index (κ2) is 11.8. The van der Waals surface area contributed by atoms with Gasteiger partial charge in [-0.05, 0) is 67.9 Å². The molecule has 1 saturated carbocycles. The summed E-state index contributed by atoms with van der Waals surface area (Å²) in [7, 11) is 0. The molecule has 210 valence electrons. The van der Waals surface area contributed by atoms with E-state index < -0.39 is 0 Å². The Balaban J connectivity index is 1.18. The standard InChI is InChI=1S/C32H37N3O5/c1-21-6-4-9-24(16-21)30-27-17-25(12-11-22(27)13-14-35(30)32(37)23-7-2-3-8-23)39-20-29-34-28(19-40-29)31(36)33-18-26-10-5-15-38-26/h4,6,9,11-12,16-17,19,23,26,30H,2-3,5,7-8,10,13-15,18,20H2,1H3,(H,33,36). The van der Waals surface area contributed by atoms with Gasteiger partial charge >= 0.3 is 0 Å². The normalized spacial score (nSPS) is 20.9. The van der Waals surface area contributed by atoms with E-state index in [4.69, 9.17) is 13.9 Å². The van der Waals surface area contributed by atoms with Gasteiger partial charge < -0.3 is 24.1 Å². The van der Waals surface area contributed by atoms with E-state index in [1.165, 1.54) is 17.4 Å². The number of ether oxygens (including phenoxy) is 2. The molecule has 3 heterocycles. The Morgan fingerprint density at radius 3 is 2.77 bits per heavy atom. The minimum Gasteiger partial charge on any atom is -0.484 e. The molecule has 2 atom stereocenters. The lowest BCUT2D eigenvalue weighted by Crippen LogP contribution is -2.43. The first-order chi connectivity index (χ1) is 19.5. The minimum absolute atomic E-state index is 0.0654. The molecular weight excluding hydrogens is 506 g/mol. The second-order valence-corrected chi connectivity index (χ2v) is 11.2. The highest BCUT2D eigenvalue weighted by Gasteiger charge is 2.36. The molecule has 6 rings (SSSR count). The number of aromatic nitrogens is 1. The summed E-state index contributed by atoms with van der Waals surface area (Å²) < 4.78 is 17.2. The van der Waals surface area contributed by atoms with Crippen molar-refractivity contribution in [3.63, 3.8) is 0 Å². The number of nitrogens with zero attached hydrogens (tertiary/aromatic N) is 2. The van der Waals surface area contributed by atoms with Gasteiger partial charge in [-0.2, -0.15) is 0 Å². The van der Waals surface area contributed by atoms with Crippen LogP contribution in [0.15, 0.2) is 53.1 Å². The summed E-state index contributed by atoms with van der Waals surface area (Å²) in [6.45, 7) is 4.11. The van der Waals surface area contributed by atoms with Gasteiger partial charge in [0, 0.05) is 25.6 Å². The van der Waals surface area contributed by atoms with Crippen molar-refractivity contribution in [1.29, 1.82) is 0 Å². The third-order valence-electron chi connectivity index (χ3n) is 8.35. The van der Waals surface area contributed by atoms with Gasteiger partial charge in [-0.15, -0.1) is 0 Å². The van der Waals surface area contributed by atoms with Gasteiger partial charge in [-0.3, -0.25) is 9.59 Å². The summed E-state index contributed by atoms with van der Waals surface area (Å²) in [5.41, 5.74) is 4.85. The lowest BCUT2D eigenvalue weighted by molar-refractivity contribution is -0.137. The van der Waals surface area contributed by atoms with Crippen LogP contribution in [0.5, 0.6) is 5.75 Å². The Hall–Kier alpha value is -3.65. The highest BCUT2D eigenvalue weighted by atomic mass is 16.5. The second-order valence-electron chi connectivity index (χ2n) is 11.2. The van der Waals surface area contributed by atoms with Gasteiger partial charge in [0.15, 0.2) is 12.3 Å². The predicted molar refractivity (Wildman–Crippen MR) is 149 cm³/mol. The van der Waals surface area contributed by atoms with E-state index in [1.54, 1.807) is 0 Å². The fourth-order valence-corrected chi connectivity index (χ4v) is 6.26. The van der Waals surface area contributed by atoms with Gasteiger partial charge in [0.25, 0.3) is 5.91 Å². The molecule has 3 aliphatic rings. The van der Waals surface area contributed by atoms with Crippen molar-refractivity contribution in [3.8, 4) is 5.75 Å². The van der Waals surface area contributed by atoms with Gasteiger partial charge in [0.05, 0.1) is 12.1 Å². The summed E-state index contributed by atoms with van der Waals surface area (Å²) in [5.74, 6) is 1.11. The first-order valence-corrected chi connectivity index (χ1v) is 14.5. The molecule has 2 aliphatic heterocycles. The molecule has 40 heavy (non-hydrogen) atoms. The predicted octanol–water partition coefficient (Wildman–Crippen LogP) is 5.14. The fourth-order valence-electron chi connectivity index (χ4n) is 6.26. The molecule has 8 heteroatoms. The van der Waals surface area contributed by atoms with Crippen LogP contribution in [0.1, 0.15) is 83.2 Å². The molecule has 2 amide bonds. The molecule has 1 aromatic heterocycles. The highest BCUT2D eigenvalue weighted by Crippen LogP contribution is 2.40. The number of hydrogen-bond acceptors (Lipinski definition) is 6. The molecule has 0 bridgehead atoms. The molecule has 0 radical (unpaired) electrons. The lowest BCUT2D eigenvalue weighted by Gasteiger charge is -2.39. The maximum absolute atomic E-state index is 13.7. The third-order valence-corrected chi connectivity index (χ3v) is 8.35. The van der Waals surface area contributed by atoms with Crippen LogP contribution in [0, 0.1) is 12.8 Å². The number of hydrogen-bond donors (Lipinski definition) is 1. The quantitative estimate of drug-likeness (QED) is 0.423. The monoisotopic (exact) mass is 543 g/mol. The van der Waals surface area contributed by atoms with Gasteiger partial charge in [0.2, 0.25) is 11.8 Å². The zero-order valence-electron chi connectivity index (χ0n) is 23.1. The number of rotatable bonds is 8. The van der Waals surface area contributed by atoms with E-state index in [0.717, 1.165) is 69.2 Å². The first kappa shape index (κ1) is 26.6. The Morgan fingerprint density at radius 1 is 1.10 bits per heavy atom. The van der Waals surface area contributed by atoms with Crippen molar-refractivity contribution in [2.24, 2.45) is 5.92 Å². The zero-order valence-corrected chi connectivity index (χ0v) is 23.1. The van der Waals surface area contributed by atoms with E-state index in [0.29, 0.717) is 18.2 Å². The molecule has 2 aromatic carbocycles. The third kappa shape index (κ3) is 5.77. The zero-order chi connectivity index (χ0) is 27.5. The maximum atomic E-state index is 13.7. The molecule has 2 unspecified atom stereocenters. The minimum atomic E-state index is -0.285. The molecule has 0 spiro atoms. The average Bonchev–Trinajstić information content (AvgIpc) is 3.77. The van der Waals surface area contributed by atoms with Crippen LogP contribution in [0.2, 0.25) is 0 Å². The average molecular weight is 544 g/mol. The number of nitrogens with one attached hydrogen (secondary N) is 1. The van der Waals surface area contributed by atoms with E-state index >= 15 is 0 Å². The van der Waals surface area contributed by atoms with E-state index in [2.05, 4.69) is 58.5 Å². The van der Waals surface area contributed by atoms with E-state index in [9.17, 15) is 9.59 Å². The number of amides is 2. The number of aryl methyl sites for hydroxylation is 1. The highest BCUT2D eigenvalue weighted by molar-refractivity contribution is 5.91. The van der Waals surface area contributed by atoms with Gasteiger partial charge in [-0.25, -0.2) is 4.98 Å². The van der Waals surface area contributed by atoms with E-state index in [1.807, 2.05) is 6.07 Å². The number of carbonyl (C=O) groups is 2. The lowest BCUT2D eigenvalue weighted by atomic mass is 9.86. The SMILES string of the molecule is Cc1cccc(C2c3cc(OCc4nc(C(=O)NCC5CCCO5)co4)ccc3CCN2C(=O)C2CCCC2)c1. The molecular formula is C32H37N3O5. The molecule has 3 aromatic rings. The summed E-state index contributed by atoms with van der Waals surface area (Å²) in [6, 6.07) is 14.4. The molecule has 1 aliphatic carbocycles. The van der Waals surface area contributed by atoms with Crippen LogP contribution in [0.4, 0.5) is 0 Å². The maximum Gasteiger partial charge on any atom is 0.273 e. The summed E-state index contributed by atoms with van der Waals surface area (Å²) >= 11 is 0. The van der Waals surface area contributed by atoms with Crippen molar-refractivity contribution < 1.29 is 23.5 Å². The van der Waals surface area contributed by atoms with Crippen LogP contribution < -0.4 is 10.1 Å². The first-order valence-electron chi connectivity index (χ1n) is 14.5. The molecule has 8 nitrogen and oxygen atoms in total. The fraction of sp³-hybridized carbons (Fsp3) is 0.469. The van der Waals surface area contributed by atoms with Crippen LogP contribution in [0.3, 0.4) is 0 Å². The Kier molecular flexibility index (Phi) is 7.86. The topological polar surface area (TPSA) is 93.9 Å². The van der Waals surface area contributed by atoms with Crippen LogP contribution in [-0.2, 0) is 22.6 Å². The van der Waals surface area contributed by atoms with Gasteiger partial charge in [-0.1, -0.05) is 48.7 Å². The van der Waals surface area contributed by atoms with E-state index in [-0.39, 0.29) is 42.2 Å². The van der Waals surface area contributed by atoms with Crippen LogP contribution in [-0.4, -0.2) is 47.5 Å². The molecule has 1 saturated heterocycles. The molecule has 2 fully saturated rings. The Bertz CT molecular complexity index is 1360.